The molecule has 0 aliphatic carbocycles. The van der Waals surface area contributed by atoms with E-state index < -0.39 is 0 Å². The number of benzene rings is 1. The second kappa shape index (κ2) is 8.64. The van der Waals surface area contributed by atoms with Gasteiger partial charge < -0.3 is 14.8 Å². The molecule has 0 aromatic heterocycles. The normalized spacial score (nSPS) is 10.8. The van der Waals surface area contributed by atoms with Crippen LogP contribution in [0.4, 0.5) is 0 Å². The maximum absolute atomic E-state index is 5.36. The molecule has 1 N–H and O–H groups in total. The summed E-state index contributed by atoms with van der Waals surface area (Å²) in [6.45, 7) is 5.88. The van der Waals surface area contributed by atoms with Crippen molar-refractivity contribution in [1.29, 1.82) is 0 Å². The van der Waals surface area contributed by atoms with E-state index in [0.29, 0.717) is 13.2 Å². The molecule has 0 aliphatic rings. The summed E-state index contributed by atoms with van der Waals surface area (Å²) in [6, 6.07) is 6.39. The molecule has 0 saturated heterocycles. The minimum Gasteiger partial charge on any atom is -0.382 e. The summed E-state index contributed by atoms with van der Waals surface area (Å²) >= 11 is 3.49. The van der Waals surface area contributed by atoms with Crippen LogP contribution in [0.15, 0.2) is 22.7 Å². The number of nitrogens with one attached hydrogen (secondary N) is 1. The first kappa shape index (κ1) is 14.6. The van der Waals surface area contributed by atoms with Gasteiger partial charge in [0.25, 0.3) is 0 Å². The Bertz CT molecular complexity index is 331. The summed E-state index contributed by atoms with van der Waals surface area (Å²) in [5, 5.41) is 3.34. The van der Waals surface area contributed by atoms with Crippen molar-refractivity contribution >= 4 is 15.9 Å². The van der Waals surface area contributed by atoms with Gasteiger partial charge >= 0.3 is 0 Å². The molecule has 4 heteroatoms. The van der Waals surface area contributed by atoms with Gasteiger partial charge in [0.2, 0.25) is 0 Å². The molecular weight excluding hydrogens is 282 g/mol. The average Bonchev–Trinajstić information content (AvgIpc) is 2.32. The molecule has 0 radical (unpaired) electrons. The first-order valence-corrected chi connectivity index (χ1v) is 6.55. The Morgan fingerprint density at radius 2 is 2.06 bits per heavy atom. The largest absolute Gasteiger partial charge is 0.382 e. The average molecular weight is 302 g/mol. The summed E-state index contributed by atoms with van der Waals surface area (Å²) in [5.41, 5.74) is 2.56. The van der Waals surface area contributed by atoms with Gasteiger partial charge in [-0.05, 0) is 24.1 Å². The van der Waals surface area contributed by atoms with Gasteiger partial charge in [0.1, 0.15) is 0 Å². The van der Waals surface area contributed by atoms with Crippen LogP contribution >= 0.6 is 15.9 Å². The van der Waals surface area contributed by atoms with Crippen molar-refractivity contribution in [1.82, 2.24) is 5.32 Å². The van der Waals surface area contributed by atoms with Gasteiger partial charge in [-0.3, -0.25) is 0 Å². The van der Waals surface area contributed by atoms with E-state index in [-0.39, 0.29) is 0 Å². The molecule has 3 nitrogen and oxygen atoms in total. The van der Waals surface area contributed by atoms with E-state index in [1.807, 2.05) is 0 Å². The second-order valence-electron chi connectivity index (χ2n) is 3.87. The fourth-order valence-corrected chi connectivity index (χ4v) is 1.68. The van der Waals surface area contributed by atoms with Crippen molar-refractivity contribution in [2.45, 2.75) is 13.5 Å². The fourth-order valence-electron chi connectivity index (χ4n) is 1.44. The van der Waals surface area contributed by atoms with Crippen molar-refractivity contribution in [3.63, 3.8) is 0 Å². The monoisotopic (exact) mass is 301 g/mol. The highest BCUT2D eigenvalue weighted by Gasteiger charge is 1.97. The number of halogens is 1. The molecule has 0 fully saturated rings. The SMILES string of the molecule is COCCOCCNCc1ccc(Br)c(C)c1. The van der Waals surface area contributed by atoms with Crippen LogP contribution in [0.1, 0.15) is 11.1 Å². The summed E-state index contributed by atoms with van der Waals surface area (Å²) < 4.78 is 11.4. The van der Waals surface area contributed by atoms with E-state index in [9.17, 15) is 0 Å². The minimum atomic E-state index is 0.659. The Kier molecular flexibility index (Phi) is 7.44. The lowest BCUT2D eigenvalue weighted by Crippen LogP contribution is -2.20. The van der Waals surface area contributed by atoms with Crippen molar-refractivity contribution < 1.29 is 9.47 Å². The maximum Gasteiger partial charge on any atom is 0.0700 e. The number of rotatable bonds is 8. The van der Waals surface area contributed by atoms with Gasteiger partial charge in [-0.15, -0.1) is 0 Å². The van der Waals surface area contributed by atoms with Crippen LogP contribution in [0, 0.1) is 6.92 Å². The quantitative estimate of drug-likeness (QED) is 0.749. The Morgan fingerprint density at radius 3 is 2.76 bits per heavy atom. The first-order valence-electron chi connectivity index (χ1n) is 5.76. The van der Waals surface area contributed by atoms with Crippen molar-refractivity contribution in [3.8, 4) is 0 Å². The van der Waals surface area contributed by atoms with Crippen LogP contribution < -0.4 is 5.32 Å². The smallest absolute Gasteiger partial charge is 0.0700 e. The van der Waals surface area contributed by atoms with Gasteiger partial charge in [-0.25, -0.2) is 0 Å². The molecule has 0 spiro atoms. The highest BCUT2D eigenvalue weighted by Crippen LogP contribution is 2.16. The van der Waals surface area contributed by atoms with Crippen LogP contribution in [0.3, 0.4) is 0 Å². The standard InChI is InChI=1S/C13H20BrNO2/c1-11-9-12(3-4-13(11)14)10-15-5-6-17-8-7-16-2/h3-4,9,15H,5-8,10H2,1-2H3. The third kappa shape index (κ3) is 6.17. The highest BCUT2D eigenvalue weighted by molar-refractivity contribution is 9.10. The fraction of sp³-hybridized carbons (Fsp3) is 0.538. The summed E-state index contributed by atoms with van der Waals surface area (Å²) in [7, 11) is 1.68. The van der Waals surface area contributed by atoms with Crippen LogP contribution in [0.5, 0.6) is 0 Å². The van der Waals surface area contributed by atoms with Gasteiger partial charge in [0, 0.05) is 24.7 Å². The third-order valence-electron chi connectivity index (χ3n) is 2.41. The zero-order valence-corrected chi connectivity index (χ0v) is 12.0. The third-order valence-corrected chi connectivity index (χ3v) is 3.30. The zero-order chi connectivity index (χ0) is 12.5. The van der Waals surface area contributed by atoms with E-state index in [1.54, 1.807) is 7.11 Å². The summed E-state index contributed by atoms with van der Waals surface area (Å²) in [6.07, 6.45) is 0. The van der Waals surface area contributed by atoms with E-state index in [0.717, 1.165) is 24.2 Å². The Balaban J connectivity index is 2.11. The van der Waals surface area contributed by atoms with Gasteiger partial charge in [0.05, 0.1) is 19.8 Å². The van der Waals surface area contributed by atoms with E-state index >= 15 is 0 Å². The molecule has 1 aromatic rings. The van der Waals surface area contributed by atoms with Crippen LogP contribution in [0.2, 0.25) is 0 Å². The molecule has 1 aromatic carbocycles. The Morgan fingerprint density at radius 1 is 1.24 bits per heavy atom. The molecule has 0 heterocycles. The lowest BCUT2D eigenvalue weighted by atomic mass is 10.1. The molecule has 0 amide bonds. The molecule has 0 atom stereocenters. The highest BCUT2D eigenvalue weighted by atomic mass is 79.9. The number of aryl methyl sites for hydroxylation is 1. The summed E-state index contributed by atoms with van der Waals surface area (Å²) in [4.78, 5) is 0. The molecule has 17 heavy (non-hydrogen) atoms. The Hall–Kier alpha value is -0.420. The molecule has 0 saturated carbocycles. The minimum absolute atomic E-state index is 0.659. The van der Waals surface area contributed by atoms with Crippen molar-refractivity contribution in [3.05, 3.63) is 33.8 Å². The van der Waals surface area contributed by atoms with Crippen LogP contribution in [-0.2, 0) is 16.0 Å². The molecule has 1 rings (SSSR count). The number of hydrogen-bond acceptors (Lipinski definition) is 3. The van der Waals surface area contributed by atoms with E-state index in [2.05, 4.69) is 46.4 Å². The van der Waals surface area contributed by atoms with Crippen LogP contribution in [-0.4, -0.2) is 33.5 Å². The van der Waals surface area contributed by atoms with Crippen LogP contribution in [0.25, 0.3) is 0 Å². The zero-order valence-electron chi connectivity index (χ0n) is 10.5. The molecule has 96 valence electrons. The molecule has 0 unspecified atom stereocenters. The van der Waals surface area contributed by atoms with Crippen molar-refractivity contribution in [2.24, 2.45) is 0 Å². The predicted molar refractivity (Wildman–Crippen MR) is 73.3 cm³/mol. The molecule has 0 aliphatic heterocycles. The predicted octanol–water partition coefficient (Wildman–Crippen LogP) is 2.51. The number of ether oxygens (including phenoxy) is 2. The summed E-state index contributed by atoms with van der Waals surface area (Å²) in [5.74, 6) is 0. The topological polar surface area (TPSA) is 30.5 Å². The van der Waals surface area contributed by atoms with Gasteiger partial charge in [0.15, 0.2) is 0 Å². The Labute approximate surface area is 112 Å². The molecule has 0 bridgehead atoms. The second-order valence-corrected chi connectivity index (χ2v) is 4.72. The molecular formula is C13H20BrNO2. The number of hydrogen-bond donors (Lipinski definition) is 1. The number of methoxy groups -OCH3 is 1. The lowest BCUT2D eigenvalue weighted by Gasteiger charge is -2.07. The lowest BCUT2D eigenvalue weighted by molar-refractivity contribution is 0.0719. The van der Waals surface area contributed by atoms with E-state index in [4.69, 9.17) is 9.47 Å². The van der Waals surface area contributed by atoms with Gasteiger partial charge in [-0.1, -0.05) is 28.1 Å². The van der Waals surface area contributed by atoms with E-state index in [1.165, 1.54) is 11.1 Å². The first-order chi connectivity index (χ1) is 8.24. The van der Waals surface area contributed by atoms with Crippen molar-refractivity contribution in [2.75, 3.05) is 33.5 Å². The van der Waals surface area contributed by atoms with Gasteiger partial charge in [-0.2, -0.15) is 0 Å². The maximum atomic E-state index is 5.36.